The Morgan fingerprint density at radius 2 is 1.95 bits per heavy atom. The van der Waals surface area contributed by atoms with E-state index in [4.69, 9.17) is 5.11 Å². The molecule has 0 atom stereocenters. The summed E-state index contributed by atoms with van der Waals surface area (Å²) in [5, 5.41) is 8.98. The highest BCUT2D eigenvalue weighted by Crippen LogP contribution is 2.27. The van der Waals surface area contributed by atoms with Crippen LogP contribution in [0.4, 0.5) is 0 Å². The first kappa shape index (κ1) is 15.9. The smallest absolute Gasteiger partial charge is 0.335 e. The van der Waals surface area contributed by atoms with E-state index in [-0.39, 0.29) is 16.2 Å². The summed E-state index contributed by atoms with van der Waals surface area (Å²) in [6.07, 6.45) is 1.61. The van der Waals surface area contributed by atoms with E-state index in [1.165, 1.54) is 12.1 Å². The Kier molecular flexibility index (Phi) is 4.92. The number of aromatic carboxylic acids is 1. The van der Waals surface area contributed by atoms with Crippen molar-refractivity contribution in [2.24, 2.45) is 0 Å². The number of sulfone groups is 1. The van der Waals surface area contributed by atoms with Crippen LogP contribution in [0.1, 0.15) is 29.8 Å². The molecule has 0 amide bonds. The van der Waals surface area contributed by atoms with E-state index in [1.807, 2.05) is 13.8 Å². The molecule has 0 bridgehead atoms. The van der Waals surface area contributed by atoms with Gasteiger partial charge in [-0.2, -0.15) is 0 Å². The van der Waals surface area contributed by atoms with Crippen molar-refractivity contribution in [3.63, 3.8) is 0 Å². The molecule has 19 heavy (non-hydrogen) atoms. The maximum Gasteiger partial charge on any atom is 0.335 e. The van der Waals surface area contributed by atoms with Crippen molar-refractivity contribution in [1.29, 1.82) is 0 Å². The molecule has 0 unspecified atom stereocenters. The van der Waals surface area contributed by atoms with Gasteiger partial charge in [-0.15, -0.1) is 0 Å². The van der Waals surface area contributed by atoms with Crippen molar-refractivity contribution in [2.75, 3.05) is 5.75 Å². The molecule has 0 aliphatic carbocycles. The van der Waals surface area contributed by atoms with Crippen LogP contribution in [0.3, 0.4) is 0 Å². The lowest BCUT2D eigenvalue weighted by molar-refractivity contribution is 0.0696. The van der Waals surface area contributed by atoms with E-state index in [0.29, 0.717) is 10.0 Å². The predicted octanol–water partition coefficient (Wildman–Crippen LogP) is 3.20. The number of carboxylic acids is 1. The van der Waals surface area contributed by atoms with Crippen molar-refractivity contribution >= 4 is 31.7 Å². The lowest BCUT2D eigenvalue weighted by Gasteiger charge is -2.09. The summed E-state index contributed by atoms with van der Waals surface area (Å²) >= 11 is 3.19. The summed E-state index contributed by atoms with van der Waals surface area (Å²) in [6, 6.07) is 2.61. The lowest BCUT2D eigenvalue weighted by Crippen LogP contribution is -2.09. The number of benzene rings is 1. The molecule has 0 radical (unpaired) electrons. The first-order valence-corrected chi connectivity index (χ1v) is 7.99. The average molecular weight is 347 g/mol. The normalized spacial score (nSPS) is 11.2. The van der Waals surface area contributed by atoms with Gasteiger partial charge in [-0.05, 0) is 38.5 Å². The van der Waals surface area contributed by atoms with Crippen LogP contribution in [0.2, 0.25) is 0 Å². The summed E-state index contributed by atoms with van der Waals surface area (Å²) in [5.41, 5.74) is 1.37. The Morgan fingerprint density at radius 3 is 2.42 bits per heavy atom. The summed E-state index contributed by atoms with van der Waals surface area (Å²) < 4.78 is 24.9. The number of allylic oxidation sites excluding steroid dienone is 1. The topological polar surface area (TPSA) is 71.4 Å². The molecule has 1 aromatic carbocycles. The summed E-state index contributed by atoms with van der Waals surface area (Å²) in [7, 11) is -3.53. The number of halogens is 1. The fourth-order valence-corrected chi connectivity index (χ4v) is 3.67. The minimum absolute atomic E-state index is 0.0479. The minimum atomic E-state index is -3.53. The average Bonchev–Trinajstić information content (AvgIpc) is 2.29. The highest BCUT2D eigenvalue weighted by atomic mass is 79.9. The third-order valence-corrected chi connectivity index (χ3v) is 5.11. The van der Waals surface area contributed by atoms with E-state index in [9.17, 15) is 13.2 Å². The van der Waals surface area contributed by atoms with Gasteiger partial charge >= 0.3 is 5.97 Å². The lowest BCUT2D eigenvalue weighted by atomic mass is 10.1. The first-order valence-electron chi connectivity index (χ1n) is 5.54. The largest absolute Gasteiger partial charge is 0.478 e. The minimum Gasteiger partial charge on any atom is -0.478 e. The van der Waals surface area contributed by atoms with E-state index in [1.54, 1.807) is 13.0 Å². The Balaban J connectivity index is 3.41. The zero-order valence-electron chi connectivity index (χ0n) is 10.9. The predicted molar refractivity (Wildman–Crippen MR) is 77.3 cm³/mol. The second-order valence-corrected chi connectivity index (χ2v) is 7.31. The van der Waals surface area contributed by atoms with Gasteiger partial charge in [-0.3, -0.25) is 0 Å². The molecule has 0 aliphatic rings. The van der Waals surface area contributed by atoms with Gasteiger partial charge in [0, 0.05) is 4.47 Å². The first-order chi connectivity index (χ1) is 8.65. The van der Waals surface area contributed by atoms with Crippen LogP contribution in [-0.4, -0.2) is 25.2 Å². The number of hydrogen-bond donors (Lipinski definition) is 1. The molecule has 4 nitrogen and oxygen atoms in total. The van der Waals surface area contributed by atoms with Crippen LogP contribution in [0.15, 0.2) is 33.2 Å². The molecule has 104 valence electrons. The third-order valence-electron chi connectivity index (χ3n) is 2.59. The number of carboxylic acid groups (broad SMARTS) is 1. The Hall–Kier alpha value is -1.14. The standard InChI is InChI=1S/C13H15BrO4S/c1-8(2)4-5-19(17,18)12-7-10(13(15)16)6-11(14)9(12)3/h4,6-7H,5H2,1-3H3,(H,15,16). The molecule has 1 aromatic rings. The SMILES string of the molecule is CC(C)=CCS(=O)(=O)c1cc(C(=O)O)cc(Br)c1C. The fourth-order valence-electron chi connectivity index (χ4n) is 1.47. The fraction of sp³-hybridized carbons (Fsp3) is 0.308. The van der Waals surface area contributed by atoms with Crippen molar-refractivity contribution in [3.05, 3.63) is 39.4 Å². The molecule has 1 rings (SSSR count). The molecular formula is C13H15BrO4S. The molecule has 0 heterocycles. The van der Waals surface area contributed by atoms with Gasteiger partial charge in [-0.25, -0.2) is 13.2 Å². The Morgan fingerprint density at radius 1 is 1.37 bits per heavy atom. The van der Waals surface area contributed by atoms with Gasteiger partial charge in [0.15, 0.2) is 9.84 Å². The van der Waals surface area contributed by atoms with Crippen LogP contribution < -0.4 is 0 Å². The van der Waals surface area contributed by atoms with Crippen molar-refractivity contribution in [2.45, 2.75) is 25.7 Å². The highest BCUT2D eigenvalue weighted by Gasteiger charge is 2.20. The van der Waals surface area contributed by atoms with Gasteiger partial charge < -0.3 is 5.11 Å². The molecule has 0 fully saturated rings. The van der Waals surface area contributed by atoms with Crippen LogP contribution in [-0.2, 0) is 9.84 Å². The second kappa shape index (κ2) is 5.88. The number of hydrogen-bond acceptors (Lipinski definition) is 3. The maximum atomic E-state index is 12.2. The quantitative estimate of drug-likeness (QED) is 0.849. The number of carbonyl (C=O) groups is 1. The summed E-state index contributed by atoms with van der Waals surface area (Å²) in [5.74, 6) is -1.29. The molecular weight excluding hydrogens is 332 g/mol. The van der Waals surface area contributed by atoms with E-state index in [2.05, 4.69) is 15.9 Å². The van der Waals surface area contributed by atoms with Gasteiger partial charge in [0.1, 0.15) is 0 Å². The number of rotatable bonds is 4. The van der Waals surface area contributed by atoms with Crippen LogP contribution in [0.5, 0.6) is 0 Å². The van der Waals surface area contributed by atoms with E-state index < -0.39 is 15.8 Å². The van der Waals surface area contributed by atoms with E-state index in [0.717, 1.165) is 5.57 Å². The van der Waals surface area contributed by atoms with Crippen molar-refractivity contribution < 1.29 is 18.3 Å². The maximum absolute atomic E-state index is 12.2. The monoisotopic (exact) mass is 346 g/mol. The molecule has 0 aromatic heterocycles. The highest BCUT2D eigenvalue weighted by molar-refractivity contribution is 9.10. The van der Waals surface area contributed by atoms with Gasteiger partial charge in [-0.1, -0.05) is 27.6 Å². The Labute approximate surface area is 121 Å². The Bertz CT molecular complexity index is 641. The van der Waals surface area contributed by atoms with Crippen LogP contribution >= 0.6 is 15.9 Å². The summed E-state index contributed by atoms with van der Waals surface area (Å²) in [4.78, 5) is 11.0. The van der Waals surface area contributed by atoms with Crippen LogP contribution in [0.25, 0.3) is 0 Å². The zero-order chi connectivity index (χ0) is 14.8. The second-order valence-electron chi connectivity index (χ2n) is 4.45. The van der Waals surface area contributed by atoms with Gasteiger partial charge in [0.05, 0.1) is 16.2 Å². The zero-order valence-corrected chi connectivity index (χ0v) is 13.3. The van der Waals surface area contributed by atoms with Gasteiger partial charge in [0.2, 0.25) is 0 Å². The molecule has 0 aliphatic heterocycles. The molecule has 6 heteroatoms. The molecule has 1 N–H and O–H groups in total. The van der Waals surface area contributed by atoms with Gasteiger partial charge in [0.25, 0.3) is 0 Å². The van der Waals surface area contributed by atoms with E-state index >= 15 is 0 Å². The molecule has 0 saturated carbocycles. The van der Waals surface area contributed by atoms with Crippen molar-refractivity contribution in [3.8, 4) is 0 Å². The van der Waals surface area contributed by atoms with Crippen molar-refractivity contribution in [1.82, 2.24) is 0 Å². The van der Waals surface area contributed by atoms with Crippen LogP contribution in [0, 0.1) is 6.92 Å². The molecule has 0 saturated heterocycles. The third kappa shape index (κ3) is 3.91. The summed E-state index contributed by atoms with van der Waals surface area (Å²) in [6.45, 7) is 5.27. The molecule has 0 spiro atoms.